The van der Waals surface area contributed by atoms with Crippen LogP contribution in [0.15, 0.2) is 60.9 Å². The molecule has 8 nitrogen and oxygen atoms in total. The molecule has 176 valence electrons. The lowest BCUT2D eigenvalue weighted by atomic mass is 9.94. The zero-order chi connectivity index (χ0) is 24.3. The maximum Gasteiger partial charge on any atom is 0.313 e. The van der Waals surface area contributed by atoms with Gasteiger partial charge in [-0.2, -0.15) is 0 Å². The van der Waals surface area contributed by atoms with Gasteiger partial charge in [0.15, 0.2) is 5.82 Å². The Hall–Kier alpha value is -3.78. The van der Waals surface area contributed by atoms with Crippen LogP contribution in [0.25, 0.3) is 0 Å². The van der Waals surface area contributed by atoms with E-state index in [1.807, 2.05) is 6.07 Å². The SMILES string of the molecule is Cn1ccnc1C(=O)c1ccc(NC(=O)C(=O)NCC(C)(C)N2CCc3ccccc3C2)cc1. The van der Waals surface area contributed by atoms with Gasteiger partial charge < -0.3 is 15.2 Å². The Morgan fingerprint density at radius 1 is 1.00 bits per heavy atom. The highest BCUT2D eigenvalue weighted by molar-refractivity contribution is 6.39. The van der Waals surface area contributed by atoms with E-state index in [9.17, 15) is 14.4 Å². The van der Waals surface area contributed by atoms with Crippen LogP contribution in [0.5, 0.6) is 0 Å². The predicted octanol–water partition coefficient (Wildman–Crippen LogP) is 2.54. The molecule has 0 saturated carbocycles. The van der Waals surface area contributed by atoms with E-state index >= 15 is 0 Å². The summed E-state index contributed by atoms with van der Waals surface area (Å²) in [5, 5.41) is 5.35. The molecule has 4 rings (SSSR count). The predicted molar refractivity (Wildman–Crippen MR) is 129 cm³/mol. The summed E-state index contributed by atoms with van der Waals surface area (Å²) in [7, 11) is 1.75. The minimum atomic E-state index is -0.747. The Morgan fingerprint density at radius 2 is 1.71 bits per heavy atom. The third-order valence-corrected chi connectivity index (χ3v) is 6.30. The zero-order valence-corrected chi connectivity index (χ0v) is 19.7. The number of hydrogen-bond donors (Lipinski definition) is 2. The third-order valence-electron chi connectivity index (χ3n) is 6.30. The number of imidazole rings is 1. The molecule has 0 radical (unpaired) electrons. The third kappa shape index (κ3) is 5.07. The summed E-state index contributed by atoms with van der Waals surface area (Å²) in [6, 6.07) is 14.8. The molecule has 34 heavy (non-hydrogen) atoms. The normalized spacial score (nSPS) is 13.7. The second-order valence-corrected chi connectivity index (χ2v) is 9.16. The maximum atomic E-state index is 12.5. The lowest BCUT2D eigenvalue weighted by Gasteiger charge is -2.41. The van der Waals surface area contributed by atoms with Gasteiger partial charge in [-0.1, -0.05) is 24.3 Å². The molecule has 2 heterocycles. The molecule has 0 spiro atoms. The lowest BCUT2D eigenvalue weighted by molar-refractivity contribution is -0.136. The highest BCUT2D eigenvalue weighted by Gasteiger charge is 2.30. The molecule has 0 bridgehead atoms. The van der Waals surface area contributed by atoms with E-state index in [1.54, 1.807) is 48.3 Å². The molecular formula is C26H29N5O3. The number of carbonyl (C=O) groups excluding carboxylic acids is 3. The molecule has 0 aliphatic carbocycles. The van der Waals surface area contributed by atoms with Crippen molar-refractivity contribution >= 4 is 23.3 Å². The fourth-order valence-electron chi connectivity index (χ4n) is 4.11. The van der Waals surface area contributed by atoms with Gasteiger partial charge in [0.05, 0.1) is 0 Å². The van der Waals surface area contributed by atoms with Crippen LogP contribution in [0.4, 0.5) is 5.69 Å². The molecular weight excluding hydrogens is 430 g/mol. The number of ketones is 1. The average Bonchev–Trinajstić information content (AvgIpc) is 3.28. The van der Waals surface area contributed by atoms with Crippen LogP contribution in [-0.2, 0) is 29.6 Å². The van der Waals surface area contributed by atoms with E-state index in [1.165, 1.54) is 11.1 Å². The van der Waals surface area contributed by atoms with Gasteiger partial charge in [0.1, 0.15) is 0 Å². The number of hydrogen-bond acceptors (Lipinski definition) is 5. The first-order valence-electron chi connectivity index (χ1n) is 11.3. The molecule has 2 amide bonds. The molecule has 2 N–H and O–H groups in total. The van der Waals surface area contributed by atoms with Gasteiger partial charge in [0.2, 0.25) is 5.78 Å². The Labute approximate surface area is 199 Å². The van der Waals surface area contributed by atoms with Crippen LogP contribution in [0.2, 0.25) is 0 Å². The largest absolute Gasteiger partial charge is 0.346 e. The lowest BCUT2D eigenvalue weighted by Crippen LogP contribution is -2.54. The topological polar surface area (TPSA) is 96.3 Å². The summed E-state index contributed by atoms with van der Waals surface area (Å²) in [5.41, 5.74) is 3.24. The Morgan fingerprint density at radius 3 is 2.38 bits per heavy atom. The number of nitrogens with one attached hydrogen (secondary N) is 2. The van der Waals surface area contributed by atoms with Crippen molar-refractivity contribution in [1.29, 1.82) is 0 Å². The van der Waals surface area contributed by atoms with Gasteiger partial charge in [0.25, 0.3) is 0 Å². The van der Waals surface area contributed by atoms with Crippen molar-refractivity contribution in [3.8, 4) is 0 Å². The summed E-state index contributed by atoms with van der Waals surface area (Å²) in [4.78, 5) is 43.7. The first-order valence-corrected chi connectivity index (χ1v) is 11.3. The fraction of sp³-hybridized carbons (Fsp3) is 0.308. The minimum absolute atomic E-state index is 0.217. The molecule has 3 aromatic rings. The highest BCUT2D eigenvalue weighted by Crippen LogP contribution is 2.25. The van der Waals surface area contributed by atoms with Crippen molar-refractivity contribution < 1.29 is 14.4 Å². The van der Waals surface area contributed by atoms with Gasteiger partial charge in [-0.15, -0.1) is 0 Å². The van der Waals surface area contributed by atoms with E-state index < -0.39 is 11.8 Å². The van der Waals surface area contributed by atoms with E-state index in [0.29, 0.717) is 23.6 Å². The van der Waals surface area contributed by atoms with Crippen LogP contribution in [0.1, 0.15) is 41.2 Å². The zero-order valence-electron chi connectivity index (χ0n) is 19.7. The van der Waals surface area contributed by atoms with Crippen molar-refractivity contribution in [2.24, 2.45) is 7.05 Å². The summed E-state index contributed by atoms with van der Waals surface area (Å²) in [5.74, 6) is -1.33. The number of carbonyl (C=O) groups is 3. The van der Waals surface area contributed by atoms with Crippen LogP contribution >= 0.6 is 0 Å². The standard InChI is InChI=1S/C26H29N5O3/c1-26(2,31-14-12-18-6-4-5-7-20(18)16-31)17-28-24(33)25(34)29-21-10-8-19(9-11-21)22(32)23-27-13-15-30(23)3/h4-11,13,15H,12,14,16-17H2,1-3H3,(H,28,33)(H,29,34). The van der Waals surface area contributed by atoms with Crippen molar-refractivity contribution in [2.75, 3.05) is 18.4 Å². The number of aromatic nitrogens is 2. The number of fused-ring (bicyclic) bond motifs is 1. The van der Waals surface area contributed by atoms with Crippen molar-refractivity contribution in [2.45, 2.75) is 32.4 Å². The fourth-order valence-corrected chi connectivity index (χ4v) is 4.11. The van der Waals surface area contributed by atoms with Crippen molar-refractivity contribution in [1.82, 2.24) is 19.8 Å². The molecule has 1 aliphatic rings. The molecule has 2 aromatic carbocycles. The van der Waals surface area contributed by atoms with E-state index in [-0.39, 0.29) is 11.3 Å². The number of benzene rings is 2. The first-order chi connectivity index (χ1) is 16.2. The summed E-state index contributed by atoms with van der Waals surface area (Å²) < 4.78 is 1.65. The second-order valence-electron chi connectivity index (χ2n) is 9.16. The quantitative estimate of drug-likeness (QED) is 0.436. The maximum absolute atomic E-state index is 12.5. The molecule has 1 aliphatic heterocycles. The van der Waals surface area contributed by atoms with Gasteiger partial charge in [0, 0.05) is 55.9 Å². The second kappa shape index (κ2) is 9.61. The first kappa shape index (κ1) is 23.4. The molecule has 0 atom stereocenters. The van der Waals surface area contributed by atoms with Gasteiger partial charge in [-0.25, -0.2) is 4.98 Å². The van der Waals surface area contributed by atoms with Crippen LogP contribution in [-0.4, -0.2) is 50.7 Å². The van der Waals surface area contributed by atoms with E-state index in [0.717, 1.165) is 19.5 Å². The summed E-state index contributed by atoms with van der Waals surface area (Å²) in [6.07, 6.45) is 4.23. The Balaban J connectivity index is 1.30. The molecule has 0 unspecified atom stereocenters. The smallest absolute Gasteiger partial charge is 0.313 e. The Bertz CT molecular complexity index is 1210. The number of anilines is 1. The average molecular weight is 460 g/mol. The van der Waals surface area contributed by atoms with Gasteiger partial charge in [-0.3, -0.25) is 19.3 Å². The van der Waals surface area contributed by atoms with E-state index in [2.05, 4.69) is 52.6 Å². The number of nitrogens with zero attached hydrogens (tertiary/aromatic N) is 3. The van der Waals surface area contributed by atoms with Crippen LogP contribution in [0.3, 0.4) is 0 Å². The monoisotopic (exact) mass is 459 g/mol. The number of rotatable bonds is 6. The van der Waals surface area contributed by atoms with Gasteiger partial charge >= 0.3 is 11.8 Å². The number of amides is 2. The van der Waals surface area contributed by atoms with Crippen LogP contribution in [0, 0.1) is 0 Å². The number of aryl methyl sites for hydroxylation is 1. The van der Waals surface area contributed by atoms with Crippen molar-refractivity contribution in [3.63, 3.8) is 0 Å². The molecule has 1 aromatic heterocycles. The Kier molecular flexibility index (Phi) is 6.61. The minimum Gasteiger partial charge on any atom is -0.346 e. The van der Waals surface area contributed by atoms with E-state index in [4.69, 9.17) is 0 Å². The molecule has 8 heteroatoms. The van der Waals surface area contributed by atoms with Crippen molar-refractivity contribution in [3.05, 3.63) is 83.4 Å². The van der Waals surface area contributed by atoms with Gasteiger partial charge in [-0.05, 0) is 55.7 Å². The summed E-state index contributed by atoms with van der Waals surface area (Å²) in [6.45, 7) is 6.19. The highest BCUT2D eigenvalue weighted by atomic mass is 16.2. The summed E-state index contributed by atoms with van der Waals surface area (Å²) >= 11 is 0. The molecule has 0 saturated heterocycles. The van der Waals surface area contributed by atoms with Crippen LogP contribution < -0.4 is 10.6 Å². The molecule has 0 fully saturated rings.